The maximum absolute atomic E-state index is 12.5. The number of benzene rings is 1. The minimum absolute atomic E-state index is 0.0160. The number of nitrogens with zero attached hydrogens (tertiary/aromatic N) is 1. The van der Waals surface area contributed by atoms with Crippen LogP contribution < -0.4 is 0 Å². The summed E-state index contributed by atoms with van der Waals surface area (Å²) < 4.78 is 0.900. The Morgan fingerprint density at radius 3 is 2.84 bits per heavy atom. The van der Waals surface area contributed by atoms with Crippen LogP contribution in [0.25, 0.3) is 0 Å². The Morgan fingerprint density at radius 1 is 1.42 bits per heavy atom. The van der Waals surface area contributed by atoms with Gasteiger partial charge in [0.1, 0.15) is 0 Å². The first-order valence-corrected chi connectivity index (χ1v) is 8.18. The van der Waals surface area contributed by atoms with Crippen molar-refractivity contribution in [3.05, 3.63) is 33.4 Å². The summed E-state index contributed by atoms with van der Waals surface area (Å²) in [5.41, 5.74) is 0.658. The van der Waals surface area contributed by atoms with Gasteiger partial charge in [-0.2, -0.15) is 11.8 Å². The highest BCUT2D eigenvalue weighted by Gasteiger charge is 2.30. The van der Waals surface area contributed by atoms with Gasteiger partial charge in [-0.15, -0.1) is 0 Å². The molecule has 102 valence electrons. The average Bonchev–Trinajstić information content (AvgIpc) is 2.38. The van der Waals surface area contributed by atoms with Gasteiger partial charge in [-0.1, -0.05) is 12.1 Å². The molecule has 1 aromatic carbocycles. The van der Waals surface area contributed by atoms with Gasteiger partial charge in [-0.25, -0.2) is 0 Å². The third kappa shape index (κ3) is 3.62. The Bertz CT molecular complexity index is 495. The molecule has 1 saturated heterocycles. The van der Waals surface area contributed by atoms with E-state index in [1.165, 1.54) is 0 Å². The highest BCUT2D eigenvalue weighted by molar-refractivity contribution is 14.1. The SMILES string of the molecule is O=C(O)CC1CSCCN1C(=O)c1ccccc1I. The Morgan fingerprint density at radius 2 is 2.16 bits per heavy atom. The molecule has 1 aliphatic rings. The molecule has 1 fully saturated rings. The second-order valence-electron chi connectivity index (χ2n) is 4.30. The van der Waals surface area contributed by atoms with Crippen LogP contribution >= 0.6 is 34.4 Å². The van der Waals surface area contributed by atoms with Gasteiger partial charge in [-0.05, 0) is 34.7 Å². The van der Waals surface area contributed by atoms with Crippen molar-refractivity contribution in [3.8, 4) is 0 Å². The Hall–Kier alpha value is -0.760. The van der Waals surface area contributed by atoms with E-state index in [2.05, 4.69) is 22.6 Å². The molecule has 0 radical (unpaired) electrons. The van der Waals surface area contributed by atoms with Crippen molar-refractivity contribution in [1.29, 1.82) is 0 Å². The Kier molecular flexibility index (Phi) is 5.09. The first-order valence-electron chi connectivity index (χ1n) is 5.94. The first kappa shape index (κ1) is 14.6. The number of carboxylic acids is 1. The van der Waals surface area contributed by atoms with E-state index >= 15 is 0 Å². The molecular weight excluding hydrogens is 377 g/mol. The standard InChI is InChI=1S/C13H14INO3S/c14-11-4-2-1-3-10(11)13(18)15-5-6-19-8-9(15)7-12(16)17/h1-4,9H,5-8H2,(H,16,17). The van der Waals surface area contributed by atoms with E-state index in [1.54, 1.807) is 22.7 Å². The van der Waals surface area contributed by atoms with Crippen molar-refractivity contribution in [2.45, 2.75) is 12.5 Å². The molecule has 0 aliphatic carbocycles. The second kappa shape index (κ2) is 6.60. The van der Waals surface area contributed by atoms with Crippen molar-refractivity contribution in [2.24, 2.45) is 0 Å². The lowest BCUT2D eigenvalue weighted by Gasteiger charge is -2.34. The zero-order valence-corrected chi connectivity index (χ0v) is 13.2. The smallest absolute Gasteiger partial charge is 0.305 e. The van der Waals surface area contributed by atoms with Crippen molar-refractivity contribution in [1.82, 2.24) is 4.90 Å². The van der Waals surface area contributed by atoms with Crippen molar-refractivity contribution < 1.29 is 14.7 Å². The van der Waals surface area contributed by atoms with E-state index in [-0.39, 0.29) is 18.4 Å². The number of carboxylic acid groups (broad SMARTS) is 1. The molecule has 0 aromatic heterocycles. The lowest BCUT2D eigenvalue weighted by atomic mass is 10.1. The van der Waals surface area contributed by atoms with Crippen LogP contribution in [0.5, 0.6) is 0 Å². The van der Waals surface area contributed by atoms with E-state index in [0.717, 1.165) is 9.32 Å². The summed E-state index contributed by atoms with van der Waals surface area (Å²) in [7, 11) is 0. The average molecular weight is 391 g/mol. The summed E-state index contributed by atoms with van der Waals surface area (Å²) in [5, 5.41) is 8.94. The predicted molar refractivity (Wildman–Crippen MR) is 83.6 cm³/mol. The van der Waals surface area contributed by atoms with E-state index in [0.29, 0.717) is 17.9 Å². The second-order valence-corrected chi connectivity index (χ2v) is 6.62. The predicted octanol–water partition coefficient (Wildman–Crippen LogP) is 2.32. The molecule has 1 amide bonds. The van der Waals surface area contributed by atoms with Crippen LogP contribution in [-0.4, -0.2) is 46.0 Å². The lowest BCUT2D eigenvalue weighted by Crippen LogP contribution is -2.47. The van der Waals surface area contributed by atoms with Crippen molar-refractivity contribution >= 4 is 46.2 Å². The highest BCUT2D eigenvalue weighted by Crippen LogP contribution is 2.23. The summed E-state index contributed by atoms with van der Waals surface area (Å²) >= 11 is 3.84. The maximum Gasteiger partial charge on any atom is 0.305 e. The van der Waals surface area contributed by atoms with Gasteiger partial charge in [0, 0.05) is 21.6 Å². The fourth-order valence-electron chi connectivity index (χ4n) is 2.08. The fraction of sp³-hybridized carbons (Fsp3) is 0.385. The maximum atomic E-state index is 12.5. The molecule has 4 nitrogen and oxygen atoms in total. The minimum Gasteiger partial charge on any atom is -0.481 e. The third-order valence-corrected chi connectivity index (χ3v) is 5.04. The van der Waals surface area contributed by atoms with E-state index in [4.69, 9.17) is 5.11 Å². The zero-order valence-electron chi connectivity index (χ0n) is 10.2. The first-order chi connectivity index (χ1) is 9.09. The number of hydrogen-bond acceptors (Lipinski definition) is 3. The quantitative estimate of drug-likeness (QED) is 0.804. The molecule has 0 saturated carbocycles. The van der Waals surface area contributed by atoms with Gasteiger partial charge in [-0.3, -0.25) is 9.59 Å². The van der Waals surface area contributed by atoms with E-state index in [1.807, 2.05) is 18.2 Å². The molecule has 19 heavy (non-hydrogen) atoms. The summed E-state index contributed by atoms with van der Waals surface area (Å²) in [6.07, 6.45) is 0.0160. The van der Waals surface area contributed by atoms with Crippen LogP contribution in [0.1, 0.15) is 16.8 Å². The largest absolute Gasteiger partial charge is 0.481 e. The van der Waals surface area contributed by atoms with Crippen LogP contribution in [0.2, 0.25) is 0 Å². The summed E-state index contributed by atoms with van der Waals surface area (Å²) in [4.78, 5) is 25.1. The topological polar surface area (TPSA) is 57.6 Å². The van der Waals surface area contributed by atoms with E-state index in [9.17, 15) is 9.59 Å². The third-order valence-electron chi connectivity index (χ3n) is 3.00. The fourth-order valence-corrected chi connectivity index (χ4v) is 3.76. The van der Waals surface area contributed by atoms with Crippen molar-refractivity contribution in [3.63, 3.8) is 0 Å². The summed E-state index contributed by atoms with van der Waals surface area (Å²) in [5.74, 6) is 0.650. The molecule has 0 spiro atoms. The normalized spacial score (nSPS) is 19.2. The summed E-state index contributed by atoms with van der Waals surface area (Å²) in [6, 6.07) is 7.20. The minimum atomic E-state index is -0.854. The number of aliphatic carboxylic acids is 1. The molecule has 1 atom stereocenters. The molecule has 1 unspecified atom stereocenters. The Balaban J connectivity index is 2.20. The van der Waals surface area contributed by atoms with Gasteiger partial charge in [0.2, 0.25) is 0 Å². The number of rotatable bonds is 3. The van der Waals surface area contributed by atoms with Crippen LogP contribution in [-0.2, 0) is 4.79 Å². The lowest BCUT2D eigenvalue weighted by molar-refractivity contribution is -0.138. The van der Waals surface area contributed by atoms with Gasteiger partial charge in [0.15, 0.2) is 0 Å². The number of amides is 1. The molecule has 1 aromatic rings. The van der Waals surface area contributed by atoms with Crippen molar-refractivity contribution in [2.75, 3.05) is 18.1 Å². The van der Waals surface area contributed by atoms with Gasteiger partial charge >= 0.3 is 5.97 Å². The number of carbonyl (C=O) groups is 2. The molecule has 1 aliphatic heterocycles. The van der Waals surface area contributed by atoms with E-state index < -0.39 is 5.97 Å². The Labute approximate surface area is 129 Å². The molecular formula is C13H14INO3S. The number of halogens is 1. The molecule has 2 rings (SSSR count). The summed E-state index contributed by atoms with van der Waals surface area (Å²) in [6.45, 7) is 0.617. The molecule has 1 heterocycles. The monoisotopic (exact) mass is 391 g/mol. The zero-order chi connectivity index (χ0) is 13.8. The van der Waals surface area contributed by atoms with Crippen LogP contribution in [0.3, 0.4) is 0 Å². The van der Waals surface area contributed by atoms with Crippen LogP contribution in [0, 0.1) is 3.57 Å². The number of carbonyl (C=O) groups excluding carboxylic acids is 1. The molecule has 6 heteroatoms. The van der Waals surface area contributed by atoms with Gasteiger partial charge in [0.05, 0.1) is 18.0 Å². The van der Waals surface area contributed by atoms with Crippen LogP contribution in [0.15, 0.2) is 24.3 Å². The highest BCUT2D eigenvalue weighted by atomic mass is 127. The molecule has 1 N–H and O–H groups in total. The van der Waals surface area contributed by atoms with Crippen LogP contribution in [0.4, 0.5) is 0 Å². The van der Waals surface area contributed by atoms with Gasteiger partial charge < -0.3 is 10.0 Å². The van der Waals surface area contributed by atoms with Gasteiger partial charge in [0.25, 0.3) is 5.91 Å². The molecule has 0 bridgehead atoms. The number of hydrogen-bond donors (Lipinski definition) is 1. The number of thioether (sulfide) groups is 1.